The number of hydrogen-bond acceptors (Lipinski definition) is 7. The summed E-state index contributed by atoms with van der Waals surface area (Å²) < 4.78 is 9.14. The summed E-state index contributed by atoms with van der Waals surface area (Å²) in [5.74, 6) is -2.28. The monoisotopic (exact) mass is 353 g/mol. The molecule has 3 atom stereocenters. The number of ether oxygens (including phenoxy) is 2. The van der Waals surface area contributed by atoms with Crippen LogP contribution in [-0.4, -0.2) is 55.2 Å². The minimum Gasteiger partial charge on any atom is -0.469 e. The average molecular weight is 354 g/mol. The number of benzene rings is 1. The van der Waals surface area contributed by atoms with E-state index in [0.29, 0.717) is 0 Å². The SMILES string of the molecule is COC(=O)C[C@H](N[C@@H]1C(=O)c2ccccc2C(=O)[C@H]1Cl)C(=O)OC. The van der Waals surface area contributed by atoms with Crippen molar-refractivity contribution >= 4 is 35.1 Å². The van der Waals surface area contributed by atoms with Crippen molar-refractivity contribution in [1.82, 2.24) is 5.32 Å². The van der Waals surface area contributed by atoms with Crippen LogP contribution in [0.15, 0.2) is 24.3 Å². The number of halogens is 1. The maximum Gasteiger partial charge on any atom is 0.323 e. The lowest BCUT2D eigenvalue weighted by atomic mass is 9.85. The van der Waals surface area contributed by atoms with Crippen molar-refractivity contribution in [3.63, 3.8) is 0 Å². The van der Waals surface area contributed by atoms with Crippen molar-refractivity contribution in [3.8, 4) is 0 Å². The second-order valence-corrected chi connectivity index (χ2v) is 5.65. The molecule has 0 saturated heterocycles. The summed E-state index contributed by atoms with van der Waals surface area (Å²) in [6.07, 6.45) is -0.355. The second kappa shape index (κ2) is 7.55. The van der Waals surface area contributed by atoms with Crippen LogP contribution in [-0.2, 0) is 19.1 Å². The van der Waals surface area contributed by atoms with Gasteiger partial charge in [0, 0.05) is 11.1 Å². The smallest absolute Gasteiger partial charge is 0.323 e. The first-order chi connectivity index (χ1) is 11.4. The molecule has 0 radical (unpaired) electrons. The Morgan fingerprint density at radius 2 is 1.71 bits per heavy atom. The first-order valence-electron chi connectivity index (χ1n) is 7.13. The van der Waals surface area contributed by atoms with E-state index in [4.69, 9.17) is 11.6 Å². The summed E-state index contributed by atoms with van der Waals surface area (Å²) in [7, 11) is 2.32. The Morgan fingerprint density at radius 3 is 2.25 bits per heavy atom. The van der Waals surface area contributed by atoms with E-state index in [-0.39, 0.29) is 17.5 Å². The molecule has 1 aromatic rings. The Hall–Kier alpha value is -2.25. The molecule has 1 aliphatic rings. The number of methoxy groups -OCH3 is 2. The summed E-state index contributed by atoms with van der Waals surface area (Å²) in [5, 5.41) is 1.47. The third-order valence-electron chi connectivity index (χ3n) is 3.75. The van der Waals surface area contributed by atoms with Crippen molar-refractivity contribution in [3.05, 3.63) is 35.4 Å². The number of Topliss-reactive ketones (excluding diaryl/α,β-unsaturated/α-hetero) is 2. The molecular weight excluding hydrogens is 338 g/mol. The van der Waals surface area contributed by atoms with Crippen LogP contribution in [0.2, 0.25) is 0 Å². The molecule has 1 aliphatic carbocycles. The quantitative estimate of drug-likeness (QED) is 0.615. The number of carbonyl (C=O) groups is 4. The number of carbonyl (C=O) groups excluding carboxylic acids is 4. The average Bonchev–Trinajstić information content (AvgIpc) is 2.61. The van der Waals surface area contributed by atoms with Gasteiger partial charge in [-0.15, -0.1) is 11.6 Å². The summed E-state index contributed by atoms with van der Waals surface area (Å²) in [5.41, 5.74) is 0.460. The van der Waals surface area contributed by atoms with Crippen LogP contribution >= 0.6 is 11.6 Å². The Balaban J connectivity index is 2.29. The summed E-state index contributed by atoms with van der Waals surface area (Å²) in [4.78, 5) is 48.2. The molecule has 0 unspecified atom stereocenters. The van der Waals surface area contributed by atoms with Crippen molar-refractivity contribution in [2.75, 3.05) is 14.2 Å². The van der Waals surface area contributed by atoms with Gasteiger partial charge in [0.2, 0.25) is 0 Å². The lowest BCUT2D eigenvalue weighted by Gasteiger charge is -2.30. The number of rotatable bonds is 5. The number of esters is 2. The number of fused-ring (bicyclic) bond motifs is 1. The largest absolute Gasteiger partial charge is 0.469 e. The maximum absolute atomic E-state index is 12.6. The fourth-order valence-corrected chi connectivity index (χ4v) is 2.80. The van der Waals surface area contributed by atoms with E-state index >= 15 is 0 Å². The first kappa shape index (κ1) is 18.1. The molecule has 0 aliphatic heterocycles. The fraction of sp³-hybridized carbons (Fsp3) is 0.375. The van der Waals surface area contributed by atoms with E-state index < -0.39 is 41.0 Å². The lowest BCUT2D eigenvalue weighted by Crippen LogP contribution is -2.56. The van der Waals surface area contributed by atoms with E-state index in [0.717, 1.165) is 7.11 Å². The molecule has 7 nitrogen and oxygen atoms in total. The van der Waals surface area contributed by atoms with Gasteiger partial charge in [-0.1, -0.05) is 24.3 Å². The number of hydrogen-bond donors (Lipinski definition) is 1. The molecule has 0 amide bonds. The molecule has 8 heteroatoms. The Morgan fingerprint density at radius 1 is 1.12 bits per heavy atom. The summed E-state index contributed by atoms with van der Waals surface area (Å²) in [6.45, 7) is 0. The van der Waals surface area contributed by atoms with Crippen molar-refractivity contribution in [2.45, 2.75) is 23.9 Å². The van der Waals surface area contributed by atoms with Crippen LogP contribution in [0.5, 0.6) is 0 Å². The van der Waals surface area contributed by atoms with Crippen LogP contribution in [0.1, 0.15) is 27.1 Å². The molecule has 0 bridgehead atoms. The van der Waals surface area contributed by atoms with Crippen LogP contribution < -0.4 is 5.32 Å². The first-order valence-corrected chi connectivity index (χ1v) is 7.56. The van der Waals surface area contributed by atoms with Gasteiger partial charge >= 0.3 is 11.9 Å². The molecule has 0 fully saturated rings. The molecule has 0 aromatic heterocycles. The second-order valence-electron chi connectivity index (χ2n) is 5.18. The van der Waals surface area contributed by atoms with Crippen molar-refractivity contribution in [1.29, 1.82) is 0 Å². The topological polar surface area (TPSA) is 98.8 Å². The van der Waals surface area contributed by atoms with Gasteiger partial charge in [-0.2, -0.15) is 0 Å². The highest BCUT2D eigenvalue weighted by Gasteiger charge is 2.42. The van der Waals surface area contributed by atoms with Gasteiger partial charge < -0.3 is 9.47 Å². The number of ketones is 2. The standard InChI is InChI=1S/C16H16ClNO6/c1-23-11(19)7-10(16(22)24-2)18-13-12(17)14(20)8-5-3-4-6-9(8)15(13)21/h3-6,10,12-13,18H,7H2,1-2H3/t10-,12-,13-/m0/s1. The zero-order valence-corrected chi connectivity index (χ0v) is 13.8. The minimum atomic E-state index is -1.20. The third-order valence-corrected chi connectivity index (χ3v) is 4.20. The van der Waals surface area contributed by atoms with Gasteiger partial charge in [-0.3, -0.25) is 24.5 Å². The molecule has 1 aromatic carbocycles. The summed E-state index contributed by atoms with van der Waals surface area (Å²) in [6, 6.07) is 3.99. The van der Waals surface area contributed by atoms with Crippen LogP contribution in [0.3, 0.4) is 0 Å². The molecule has 0 spiro atoms. The molecule has 24 heavy (non-hydrogen) atoms. The predicted molar refractivity (Wildman–Crippen MR) is 84.1 cm³/mol. The van der Waals surface area contributed by atoms with Crippen LogP contribution in [0.25, 0.3) is 0 Å². The van der Waals surface area contributed by atoms with E-state index in [9.17, 15) is 19.2 Å². The lowest BCUT2D eigenvalue weighted by molar-refractivity contribution is -0.149. The number of alkyl halides is 1. The zero-order valence-electron chi connectivity index (χ0n) is 13.1. The zero-order chi connectivity index (χ0) is 17.9. The normalized spacial score (nSPS) is 21.0. The molecule has 0 heterocycles. The van der Waals surface area contributed by atoms with Crippen molar-refractivity contribution < 1.29 is 28.7 Å². The van der Waals surface area contributed by atoms with E-state index in [1.54, 1.807) is 12.1 Å². The van der Waals surface area contributed by atoms with Gasteiger partial charge in [-0.25, -0.2) is 0 Å². The van der Waals surface area contributed by atoms with E-state index in [1.807, 2.05) is 0 Å². The highest BCUT2D eigenvalue weighted by Crippen LogP contribution is 2.25. The Kier molecular flexibility index (Phi) is 5.69. The van der Waals surface area contributed by atoms with Crippen molar-refractivity contribution in [2.24, 2.45) is 0 Å². The van der Waals surface area contributed by atoms with Gasteiger partial charge in [-0.05, 0) is 0 Å². The van der Waals surface area contributed by atoms with Gasteiger partial charge in [0.1, 0.15) is 11.4 Å². The predicted octanol–water partition coefficient (Wildman–Crippen LogP) is 0.736. The Bertz CT molecular complexity index is 689. The Labute approximate surface area is 143 Å². The number of nitrogens with one attached hydrogen (secondary N) is 1. The van der Waals surface area contributed by atoms with Gasteiger partial charge in [0.25, 0.3) is 0 Å². The van der Waals surface area contributed by atoms with Gasteiger partial charge in [0.05, 0.1) is 26.7 Å². The summed E-state index contributed by atoms with van der Waals surface area (Å²) >= 11 is 6.12. The van der Waals surface area contributed by atoms with Crippen LogP contribution in [0.4, 0.5) is 0 Å². The maximum atomic E-state index is 12.6. The van der Waals surface area contributed by atoms with Gasteiger partial charge in [0.15, 0.2) is 11.6 Å². The third kappa shape index (κ3) is 3.47. The van der Waals surface area contributed by atoms with E-state index in [1.165, 1.54) is 19.2 Å². The fourth-order valence-electron chi connectivity index (χ4n) is 2.49. The molecule has 0 saturated carbocycles. The minimum absolute atomic E-state index is 0.221. The molecule has 1 N–H and O–H groups in total. The molecule has 2 rings (SSSR count). The molecule has 128 valence electrons. The van der Waals surface area contributed by atoms with Crippen LogP contribution in [0, 0.1) is 0 Å². The van der Waals surface area contributed by atoms with E-state index in [2.05, 4.69) is 14.8 Å². The molecular formula is C16H16ClNO6. The highest BCUT2D eigenvalue weighted by atomic mass is 35.5. The highest BCUT2D eigenvalue weighted by molar-refractivity contribution is 6.39.